The third-order valence-corrected chi connectivity index (χ3v) is 1.97. The summed E-state index contributed by atoms with van der Waals surface area (Å²) in [4.78, 5) is 0. The number of rotatable bonds is 3. The molecule has 1 aromatic carbocycles. The van der Waals surface area contributed by atoms with Crippen LogP contribution in [0.4, 0.5) is 0 Å². The van der Waals surface area contributed by atoms with E-state index in [0.29, 0.717) is 5.75 Å². The van der Waals surface area contributed by atoms with Crippen molar-refractivity contribution < 1.29 is 9.47 Å². The van der Waals surface area contributed by atoms with Crippen molar-refractivity contribution in [2.45, 2.75) is 5.50 Å². The van der Waals surface area contributed by atoms with E-state index < -0.39 is 5.50 Å². The zero-order valence-electron chi connectivity index (χ0n) is 7.58. The molecule has 0 heterocycles. The van der Waals surface area contributed by atoms with Gasteiger partial charge in [-0.05, 0) is 12.1 Å². The largest absolute Gasteiger partial charge is 0.497 e. The van der Waals surface area contributed by atoms with Crippen molar-refractivity contribution in [3.05, 3.63) is 23.8 Å². The van der Waals surface area contributed by atoms with Gasteiger partial charge in [0.2, 0.25) is 0 Å². The van der Waals surface area contributed by atoms with Gasteiger partial charge >= 0.3 is 0 Å². The highest BCUT2D eigenvalue weighted by molar-refractivity contribution is 6.20. The molecular weight excluding hydrogens is 190 g/mol. The SMILES string of the molecule is COc1ccc(C(N)Cl)c(OC)c1. The number of nitrogens with two attached hydrogens (primary N) is 1. The predicted octanol–water partition coefficient (Wildman–Crippen LogP) is 1.90. The molecule has 0 aromatic heterocycles. The number of methoxy groups -OCH3 is 2. The van der Waals surface area contributed by atoms with Crippen LogP contribution >= 0.6 is 11.6 Å². The van der Waals surface area contributed by atoms with Gasteiger partial charge in [0, 0.05) is 11.6 Å². The zero-order valence-corrected chi connectivity index (χ0v) is 8.34. The molecule has 0 radical (unpaired) electrons. The Morgan fingerprint density at radius 1 is 1.31 bits per heavy atom. The monoisotopic (exact) mass is 201 g/mol. The first-order chi connectivity index (χ1) is 6.19. The number of halogens is 1. The van der Waals surface area contributed by atoms with Crippen LogP contribution in [0.15, 0.2) is 18.2 Å². The minimum absolute atomic E-state index is 0.555. The molecule has 1 atom stereocenters. The van der Waals surface area contributed by atoms with Crippen LogP contribution in [0.25, 0.3) is 0 Å². The maximum absolute atomic E-state index is 5.74. The maximum atomic E-state index is 5.74. The lowest BCUT2D eigenvalue weighted by Crippen LogP contribution is -2.04. The van der Waals surface area contributed by atoms with Gasteiger partial charge in [0.25, 0.3) is 0 Å². The molecule has 0 aliphatic heterocycles. The van der Waals surface area contributed by atoms with Crippen LogP contribution in [0.2, 0.25) is 0 Å². The molecule has 1 rings (SSSR count). The highest BCUT2D eigenvalue weighted by atomic mass is 35.5. The van der Waals surface area contributed by atoms with Crippen LogP contribution in [0.1, 0.15) is 11.1 Å². The van der Waals surface area contributed by atoms with Crippen LogP contribution in [-0.4, -0.2) is 14.2 Å². The summed E-state index contributed by atoms with van der Waals surface area (Å²) in [6.07, 6.45) is 0. The van der Waals surface area contributed by atoms with E-state index in [4.69, 9.17) is 26.8 Å². The smallest absolute Gasteiger partial charge is 0.128 e. The van der Waals surface area contributed by atoms with Gasteiger partial charge in [-0.1, -0.05) is 0 Å². The van der Waals surface area contributed by atoms with E-state index in [9.17, 15) is 0 Å². The van der Waals surface area contributed by atoms with Gasteiger partial charge in [-0.3, -0.25) is 0 Å². The van der Waals surface area contributed by atoms with Gasteiger partial charge in [0.05, 0.1) is 14.2 Å². The number of ether oxygens (including phenoxy) is 2. The molecule has 3 nitrogen and oxygen atoms in total. The van der Waals surface area contributed by atoms with E-state index in [1.54, 1.807) is 32.4 Å². The molecule has 72 valence electrons. The number of alkyl halides is 1. The van der Waals surface area contributed by atoms with E-state index in [0.717, 1.165) is 11.3 Å². The average Bonchev–Trinajstić information content (AvgIpc) is 2.16. The number of hydrogen-bond donors (Lipinski definition) is 1. The normalized spacial score (nSPS) is 12.3. The second-order valence-corrected chi connectivity index (χ2v) is 2.98. The zero-order chi connectivity index (χ0) is 9.84. The molecule has 0 amide bonds. The summed E-state index contributed by atoms with van der Waals surface area (Å²) in [7, 11) is 3.16. The molecular formula is C9H12ClNO2. The molecule has 0 fully saturated rings. The fourth-order valence-electron chi connectivity index (χ4n) is 1.05. The highest BCUT2D eigenvalue weighted by Crippen LogP contribution is 2.29. The van der Waals surface area contributed by atoms with Crippen molar-refractivity contribution in [2.24, 2.45) is 5.73 Å². The van der Waals surface area contributed by atoms with Gasteiger partial charge in [-0.2, -0.15) is 0 Å². The van der Waals surface area contributed by atoms with Crippen molar-refractivity contribution in [1.29, 1.82) is 0 Å². The Morgan fingerprint density at radius 3 is 2.46 bits per heavy atom. The second kappa shape index (κ2) is 4.35. The van der Waals surface area contributed by atoms with E-state index in [1.165, 1.54) is 0 Å². The second-order valence-electron chi connectivity index (χ2n) is 2.51. The quantitative estimate of drug-likeness (QED) is 0.600. The topological polar surface area (TPSA) is 44.5 Å². The Bertz CT molecular complexity index is 289. The maximum Gasteiger partial charge on any atom is 0.128 e. The Kier molecular flexibility index (Phi) is 3.39. The number of hydrogen-bond acceptors (Lipinski definition) is 3. The minimum Gasteiger partial charge on any atom is -0.497 e. The van der Waals surface area contributed by atoms with Gasteiger partial charge in [-0.25, -0.2) is 0 Å². The van der Waals surface area contributed by atoms with Gasteiger partial charge in [0.1, 0.15) is 17.0 Å². The van der Waals surface area contributed by atoms with Gasteiger partial charge < -0.3 is 15.2 Å². The minimum atomic E-state index is -0.555. The number of benzene rings is 1. The van der Waals surface area contributed by atoms with Gasteiger partial charge in [-0.15, -0.1) is 11.6 Å². The van der Waals surface area contributed by atoms with Crippen molar-refractivity contribution in [3.8, 4) is 11.5 Å². The predicted molar refractivity (Wildman–Crippen MR) is 52.3 cm³/mol. The summed E-state index contributed by atoms with van der Waals surface area (Å²) in [6, 6.07) is 5.33. The lowest BCUT2D eigenvalue weighted by atomic mass is 10.2. The molecule has 0 aliphatic rings. The summed E-state index contributed by atoms with van der Waals surface area (Å²) in [6.45, 7) is 0. The summed E-state index contributed by atoms with van der Waals surface area (Å²) in [5.41, 5.74) is 5.73. The third-order valence-electron chi connectivity index (χ3n) is 1.74. The standard InChI is InChI=1S/C9H12ClNO2/c1-12-6-3-4-7(9(10)11)8(5-6)13-2/h3-5,9H,11H2,1-2H3. The summed E-state index contributed by atoms with van der Waals surface area (Å²) >= 11 is 5.74. The van der Waals surface area contributed by atoms with Crippen LogP contribution in [-0.2, 0) is 0 Å². The van der Waals surface area contributed by atoms with E-state index in [2.05, 4.69) is 0 Å². The first kappa shape index (κ1) is 10.2. The first-order valence-corrected chi connectivity index (χ1v) is 4.24. The van der Waals surface area contributed by atoms with Crippen molar-refractivity contribution >= 4 is 11.6 Å². The average molecular weight is 202 g/mol. The fraction of sp³-hybridized carbons (Fsp3) is 0.333. The van der Waals surface area contributed by atoms with E-state index in [-0.39, 0.29) is 0 Å². The Balaban J connectivity index is 3.08. The first-order valence-electron chi connectivity index (χ1n) is 3.80. The molecule has 1 unspecified atom stereocenters. The summed E-state index contributed by atoms with van der Waals surface area (Å²) in [5.74, 6) is 1.36. The van der Waals surface area contributed by atoms with Crippen LogP contribution in [0, 0.1) is 0 Å². The Labute approximate surface area is 82.4 Å². The molecule has 0 saturated heterocycles. The fourth-order valence-corrected chi connectivity index (χ4v) is 1.23. The van der Waals surface area contributed by atoms with Crippen LogP contribution in [0.5, 0.6) is 11.5 Å². The lowest BCUT2D eigenvalue weighted by molar-refractivity contribution is 0.391. The summed E-state index contributed by atoms with van der Waals surface area (Å²) < 4.78 is 10.1. The molecule has 0 bridgehead atoms. The van der Waals surface area contributed by atoms with Crippen molar-refractivity contribution in [2.75, 3.05) is 14.2 Å². The third kappa shape index (κ3) is 2.26. The van der Waals surface area contributed by atoms with Crippen LogP contribution < -0.4 is 15.2 Å². The lowest BCUT2D eigenvalue weighted by Gasteiger charge is -2.11. The molecule has 1 aromatic rings. The molecule has 0 saturated carbocycles. The molecule has 0 spiro atoms. The molecule has 13 heavy (non-hydrogen) atoms. The summed E-state index contributed by atoms with van der Waals surface area (Å²) in [5, 5.41) is 0. The Morgan fingerprint density at radius 2 is 2.00 bits per heavy atom. The van der Waals surface area contributed by atoms with Crippen LogP contribution in [0.3, 0.4) is 0 Å². The molecule has 0 aliphatic carbocycles. The molecule has 4 heteroatoms. The van der Waals surface area contributed by atoms with E-state index >= 15 is 0 Å². The van der Waals surface area contributed by atoms with Gasteiger partial charge in [0.15, 0.2) is 0 Å². The molecule has 2 N–H and O–H groups in total. The van der Waals surface area contributed by atoms with Crippen molar-refractivity contribution in [3.63, 3.8) is 0 Å². The van der Waals surface area contributed by atoms with Crippen molar-refractivity contribution in [1.82, 2.24) is 0 Å². The Hall–Kier alpha value is -0.930. The highest BCUT2D eigenvalue weighted by Gasteiger charge is 2.09. The van der Waals surface area contributed by atoms with E-state index in [1.807, 2.05) is 0 Å².